The van der Waals surface area contributed by atoms with Crippen LogP contribution in [-0.4, -0.2) is 22.0 Å². The molecule has 0 aromatic carbocycles. The molecule has 2 aromatic rings. The number of hydrogen-bond donors (Lipinski definition) is 2. The van der Waals surface area contributed by atoms with Gasteiger partial charge in [-0.1, -0.05) is 13.8 Å². The first kappa shape index (κ1) is 13.2. The number of aromatic amines is 1. The van der Waals surface area contributed by atoms with Gasteiger partial charge in [0.05, 0.1) is 17.9 Å². The van der Waals surface area contributed by atoms with Crippen molar-refractivity contribution < 1.29 is 0 Å². The summed E-state index contributed by atoms with van der Waals surface area (Å²) in [4.78, 5) is 2.85. The van der Waals surface area contributed by atoms with Crippen molar-refractivity contribution in [1.29, 1.82) is 0 Å². The molecule has 1 atom stereocenters. The minimum Gasteiger partial charge on any atom is -0.308 e. The fourth-order valence-electron chi connectivity index (χ4n) is 1.90. The van der Waals surface area contributed by atoms with Crippen LogP contribution in [0.2, 0.25) is 0 Å². The number of rotatable bonds is 7. The molecule has 0 saturated heterocycles. The quantitative estimate of drug-likeness (QED) is 0.808. The van der Waals surface area contributed by atoms with Crippen LogP contribution in [0.25, 0.3) is 0 Å². The number of aromatic nitrogens is 3. The summed E-state index contributed by atoms with van der Waals surface area (Å²) in [6.45, 7) is 5.37. The maximum absolute atomic E-state index is 4.20. The Balaban J connectivity index is 2.04. The molecule has 0 spiro atoms. The lowest BCUT2D eigenvalue weighted by Gasteiger charge is -2.14. The number of nitrogens with one attached hydrogen (secondary N) is 2. The second-order valence-corrected chi connectivity index (χ2v) is 5.58. The maximum Gasteiger partial charge on any atom is 0.0997 e. The van der Waals surface area contributed by atoms with Gasteiger partial charge >= 0.3 is 0 Å². The molecule has 1 unspecified atom stereocenters. The van der Waals surface area contributed by atoms with E-state index in [4.69, 9.17) is 0 Å². The van der Waals surface area contributed by atoms with E-state index in [9.17, 15) is 0 Å². The largest absolute Gasteiger partial charge is 0.308 e. The standard InChI is InChI=1S/C13H20N4S/c1-3-7-14-12(13-9-15-17-16-13)8-11-6-5-10(4-2)18-11/h5-6,9,12,14H,3-4,7-8H2,1-2H3,(H,15,16,17). The first-order chi connectivity index (χ1) is 8.83. The predicted octanol–water partition coefficient (Wildman–Crippen LogP) is 2.71. The Morgan fingerprint density at radius 3 is 2.78 bits per heavy atom. The van der Waals surface area contributed by atoms with E-state index in [0.29, 0.717) is 0 Å². The van der Waals surface area contributed by atoms with E-state index in [-0.39, 0.29) is 6.04 Å². The molecule has 0 aliphatic heterocycles. The lowest BCUT2D eigenvalue weighted by molar-refractivity contribution is 0.520. The highest BCUT2D eigenvalue weighted by atomic mass is 32.1. The van der Waals surface area contributed by atoms with Crippen LogP contribution < -0.4 is 5.32 Å². The monoisotopic (exact) mass is 264 g/mol. The Kier molecular flexibility index (Phi) is 4.90. The zero-order valence-corrected chi connectivity index (χ0v) is 11.8. The molecule has 0 radical (unpaired) electrons. The van der Waals surface area contributed by atoms with Crippen LogP contribution >= 0.6 is 11.3 Å². The summed E-state index contributed by atoms with van der Waals surface area (Å²) in [5.74, 6) is 0. The minimum absolute atomic E-state index is 0.257. The van der Waals surface area contributed by atoms with Crippen molar-refractivity contribution in [3.63, 3.8) is 0 Å². The summed E-state index contributed by atoms with van der Waals surface area (Å²) in [6.07, 6.45) is 5.03. The second-order valence-electron chi connectivity index (χ2n) is 4.33. The molecular formula is C13H20N4S. The van der Waals surface area contributed by atoms with E-state index in [1.54, 1.807) is 0 Å². The molecule has 98 valence electrons. The van der Waals surface area contributed by atoms with Crippen LogP contribution in [0.4, 0.5) is 0 Å². The van der Waals surface area contributed by atoms with Crippen LogP contribution in [0.1, 0.15) is 41.8 Å². The van der Waals surface area contributed by atoms with Crippen molar-refractivity contribution in [3.05, 3.63) is 33.8 Å². The van der Waals surface area contributed by atoms with Gasteiger partial charge in [0, 0.05) is 16.2 Å². The fourth-order valence-corrected chi connectivity index (χ4v) is 2.90. The highest BCUT2D eigenvalue weighted by molar-refractivity contribution is 7.11. The maximum atomic E-state index is 4.20. The molecule has 0 saturated carbocycles. The van der Waals surface area contributed by atoms with E-state index >= 15 is 0 Å². The molecule has 0 bridgehead atoms. The topological polar surface area (TPSA) is 53.6 Å². The molecule has 0 aliphatic carbocycles. The number of nitrogens with zero attached hydrogens (tertiary/aromatic N) is 2. The summed E-state index contributed by atoms with van der Waals surface area (Å²) in [5, 5.41) is 14.3. The molecule has 2 aromatic heterocycles. The Hall–Kier alpha value is -1.20. The third kappa shape index (κ3) is 3.40. The van der Waals surface area contributed by atoms with Crippen LogP contribution in [0.5, 0.6) is 0 Å². The first-order valence-corrected chi connectivity index (χ1v) is 7.31. The summed E-state index contributed by atoms with van der Waals surface area (Å²) >= 11 is 1.89. The number of aryl methyl sites for hydroxylation is 1. The van der Waals surface area contributed by atoms with Gasteiger partial charge in [-0.05, 0) is 31.5 Å². The molecule has 2 heterocycles. The summed E-state index contributed by atoms with van der Waals surface area (Å²) < 4.78 is 0. The lowest BCUT2D eigenvalue weighted by atomic mass is 10.1. The van der Waals surface area contributed by atoms with Crippen molar-refractivity contribution in [1.82, 2.24) is 20.7 Å². The Morgan fingerprint density at radius 2 is 2.17 bits per heavy atom. The molecule has 2 rings (SSSR count). The fraction of sp³-hybridized carbons (Fsp3) is 0.538. The predicted molar refractivity (Wildman–Crippen MR) is 74.8 cm³/mol. The van der Waals surface area contributed by atoms with Gasteiger partial charge in [-0.3, -0.25) is 0 Å². The average Bonchev–Trinajstić information content (AvgIpc) is 3.05. The highest BCUT2D eigenvalue weighted by Crippen LogP contribution is 2.23. The molecular weight excluding hydrogens is 244 g/mol. The van der Waals surface area contributed by atoms with Gasteiger partial charge in [-0.2, -0.15) is 15.4 Å². The molecule has 0 aliphatic rings. The van der Waals surface area contributed by atoms with Gasteiger partial charge in [-0.15, -0.1) is 11.3 Å². The highest BCUT2D eigenvalue weighted by Gasteiger charge is 2.15. The SMILES string of the molecule is CCCNC(Cc1ccc(CC)s1)c1cn[nH]n1. The van der Waals surface area contributed by atoms with E-state index in [1.165, 1.54) is 9.75 Å². The second kappa shape index (κ2) is 6.66. The molecule has 4 nitrogen and oxygen atoms in total. The number of hydrogen-bond acceptors (Lipinski definition) is 4. The van der Waals surface area contributed by atoms with E-state index in [2.05, 4.69) is 46.7 Å². The summed E-state index contributed by atoms with van der Waals surface area (Å²) in [5.41, 5.74) is 0.995. The van der Waals surface area contributed by atoms with Crippen molar-refractivity contribution in [2.45, 2.75) is 39.2 Å². The molecule has 0 fully saturated rings. The molecule has 2 N–H and O–H groups in total. The van der Waals surface area contributed by atoms with Crippen LogP contribution in [0.3, 0.4) is 0 Å². The third-order valence-corrected chi connectivity index (χ3v) is 4.15. The van der Waals surface area contributed by atoms with Crippen LogP contribution in [-0.2, 0) is 12.8 Å². The summed E-state index contributed by atoms with van der Waals surface area (Å²) in [6, 6.07) is 4.70. The number of H-pyrrole nitrogens is 1. The Bertz CT molecular complexity index is 449. The van der Waals surface area contributed by atoms with E-state index in [1.807, 2.05) is 17.5 Å². The van der Waals surface area contributed by atoms with E-state index in [0.717, 1.165) is 31.5 Å². The van der Waals surface area contributed by atoms with Gasteiger partial charge in [0.25, 0.3) is 0 Å². The van der Waals surface area contributed by atoms with Gasteiger partial charge < -0.3 is 5.32 Å². The van der Waals surface area contributed by atoms with Crippen molar-refractivity contribution >= 4 is 11.3 Å². The normalized spacial score (nSPS) is 12.8. The van der Waals surface area contributed by atoms with E-state index < -0.39 is 0 Å². The third-order valence-electron chi connectivity index (χ3n) is 2.90. The van der Waals surface area contributed by atoms with Gasteiger partial charge in [0.2, 0.25) is 0 Å². The van der Waals surface area contributed by atoms with Crippen molar-refractivity contribution in [3.8, 4) is 0 Å². The Morgan fingerprint density at radius 1 is 1.33 bits per heavy atom. The lowest BCUT2D eigenvalue weighted by Crippen LogP contribution is -2.24. The van der Waals surface area contributed by atoms with Gasteiger partial charge in [0.15, 0.2) is 0 Å². The van der Waals surface area contributed by atoms with Crippen LogP contribution in [0.15, 0.2) is 18.3 Å². The van der Waals surface area contributed by atoms with Gasteiger partial charge in [-0.25, -0.2) is 0 Å². The van der Waals surface area contributed by atoms with Crippen molar-refractivity contribution in [2.75, 3.05) is 6.54 Å². The van der Waals surface area contributed by atoms with Crippen molar-refractivity contribution in [2.24, 2.45) is 0 Å². The zero-order valence-electron chi connectivity index (χ0n) is 10.9. The van der Waals surface area contributed by atoms with Crippen LogP contribution in [0, 0.1) is 0 Å². The first-order valence-electron chi connectivity index (χ1n) is 6.50. The molecule has 0 amide bonds. The van der Waals surface area contributed by atoms with Gasteiger partial charge in [0.1, 0.15) is 0 Å². The molecule has 18 heavy (non-hydrogen) atoms. The Labute approximate surface area is 112 Å². The number of thiophene rings is 1. The summed E-state index contributed by atoms with van der Waals surface area (Å²) in [7, 11) is 0. The average molecular weight is 264 g/mol. The zero-order chi connectivity index (χ0) is 12.8. The minimum atomic E-state index is 0.257. The molecule has 5 heteroatoms. The smallest absolute Gasteiger partial charge is 0.0997 e.